The van der Waals surface area contributed by atoms with Gasteiger partial charge in [-0.25, -0.2) is 9.59 Å². The SMILES string of the molecule is CCC(C)C1NC(=O)C(NC(=O)NC(CCCN=C(N)N)C(=O)O)CCCCNC(=O)C(Cc2ccccc2)NC(=O)C(CCc2ccc(O)cc2)N(C)C(=O)C(CCc2ccc(O)cc2)NC1=O. The number of carbonyl (C=O) groups excluding carboxylic acids is 6. The summed E-state index contributed by atoms with van der Waals surface area (Å²) in [5.74, 6) is -5.09. The molecule has 0 radical (unpaired) electrons. The average molecular weight is 957 g/mol. The van der Waals surface area contributed by atoms with Crippen LogP contribution in [0.25, 0.3) is 0 Å². The van der Waals surface area contributed by atoms with Crippen LogP contribution in [0.1, 0.15) is 81.9 Å². The molecule has 1 aliphatic rings. The predicted molar refractivity (Wildman–Crippen MR) is 258 cm³/mol. The minimum atomic E-state index is -1.36. The molecule has 374 valence electrons. The smallest absolute Gasteiger partial charge is 0.326 e. The highest BCUT2D eigenvalue weighted by molar-refractivity contribution is 5.96. The van der Waals surface area contributed by atoms with Crippen LogP contribution in [-0.4, -0.2) is 124 Å². The van der Waals surface area contributed by atoms with Gasteiger partial charge in [0.05, 0.1) is 0 Å². The van der Waals surface area contributed by atoms with Crippen molar-refractivity contribution < 1.29 is 48.9 Å². The van der Waals surface area contributed by atoms with Gasteiger partial charge < -0.3 is 63.6 Å². The number of aliphatic imine (C=N–C) groups is 1. The van der Waals surface area contributed by atoms with Crippen LogP contribution in [0.2, 0.25) is 0 Å². The predicted octanol–water partition coefficient (Wildman–Crippen LogP) is 1.71. The number of aryl methyl sites for hydroxylation is 2. The second-order valence-electron chi connectivity index (χ2n) is 17.4. The molecule has 0 saturated carbocycles. The van der Waals surface area contributed by atoms with Crippen molar-refractivity contribution in [2.24, 2.45) is 22.4 Å². The molecule has 4 rings (SSSR count). The van der Waals surface area contributed by atoms with E-state index in [4.69, 9.17) is 11.5 Å². The number of carboxylic acid groups (broad SMARTS) is 1. The van der Waals surface area contributed by atoms with Gasteiger partial charge in [-0.2, -0.15) is 0 Å². The third kappa shape index (κ3) is 18.0. The fourth-order valence-corrected chi connectivity index (χ4v) is 7.84. The number of aliphatic carboxylic acids is 1. The molecule has 69 heavy (non-hydrogen) atoms. The fraction of sp³-hybridized carbons (Fsp3) is 0.469. The standard InChI is InChI=1S/C49H68N10O10/c1-4-30(2)41-45(65)54-37(25-19-31-15-21-34(60)22-16-31)46(66)59(3)40(26-20-32-17-23-35(61)24-18-32)44(64)55-39(29-33-11-6-5-7-12-33)42(62)52-27-9-8-13-36(43(63)58-41)56-49(69)57-38(47(67)68)14-10-28-53-48(50)51/h5-7,11-12,15-18,21-24,30,36-41,60-61H,4,8-10,13-14,19-20,25-29H2,1-3H3,(H,52,62)(H,54,65)(H,55,64)(H,58,63)(H,67,68)(H4,50,51,53)(H2,56,57,69). The fourth-order valence-electron chi connectivity index (χ4n) is 7.84. The largest absolute Gasteiger partial charge is 0.508 e. The first-order chi connectivity index (χ1) is 32.9. The van der Waals surface area contributed by atoms with E-state index in [1.165, 1.54) is 36.2 Å². The van der Waals surface area contributed by atoms with Crippen molar-refractivity contribution in [3.05, 3.63) is 95.6 Å². The number of benzene rings is 3. The Labute approximate surface area is 402 Å². The number of amides is 7. The van der Waals surface area contributed by atoms with Gasteiger partial charge in [-0.05, 0) is 105 Å². The van der Waals surface area contributed by atoms with E-state index in [1.54, 1.807) is 31.2 Å². The van der Waals surface area contributed by atoms with Crippen LogP contribution in [0, 0.1) is 5.92 Å². The summed E-state index contributed by atoms with van der Waals surface area (Å²) < 4.78 is 0. The molecular formula is C49H68N10O10. The number of nitrogens with one attached hydrogen (secondary N) is 6. The first-order valence-electron chi connectivity index (χ1n) is 23.4. The number of urea groups is 1. The number of hydrogen-bond donors (Lipinski definition) is 11. The third-order valence-corrected chi connectivity index (χ3v) is 12.1. The number of aromatic hydroxyl groups is 2. The highest BCUT2D eigenvalue weighted by Gasteiger charge is 2.37. The van der Waals surface area contributed by atoms with Crippen LogP contribution in [0.5, 0.6) is 11.5 Å². The third-order valence-electron chi connectivity index (χ3n) is 12.1. The zero-order valence-electron chi connectivity index (χ0n) is 39.5. The van der Waals surface area contributed by atoms with Gasteiger partial charge in [-0.3, -0.25) is 29.0 Å². The van der Waals surface area contributed by atoms with Crippen molar-refractivity contribution in [3.8, 4) is 11.5 Å². The minimum absolute atomic E-state index is 0.0115. The van der Waals surface area contributed by atoms with E-state index in [9.17, 15) is 48.9 Å². The molecule has 1 heterocycles. The number of rotatable bonds is 17. The molecule has 3 aromatic rings. The maximum atomic E-state index is 14.9. The number of likely N-dealkylation sites (N-methyl/N-ethyl adjacent to an activating group) is 1. The van der Waals surface area contributed by atoms with E-state index in [0.717, 1.165) is 16.7 Å². The van der Waals surface area contributed by atoms with Crippen molar-refractivity contribution in [2.45, 2.75) is 121 Å². The summed E-state index contributed by atoms with van der Waals surface area (Å²) in [5.41, 5.74) is 13.0. The summed E-state index contributed by atoms with van der Waals surface area (Å²) in [6.07, 6.45) is 1.98. The van der Waals surface area contributed by atoms with Gasteiger partial charge in [0.2, 0.25) is 29.5 Å². The van der Waals surface area contributed by atoms with Crippen molar-refractivity contribution in [1.29, 1.82) is 0 Å². The molecule has 20 heteroatoms. The second-order valence-corrected chi connectivity index (χ2v) is 17.4. The van der Waals surface area contributed by atoms with Crippen LogP contribution in [-0.2, 0) is 48.0 Å². The average Bonchev–Trinajstić information content (AvgIpc) is 3.32. The molecule has 1 fully saturated rings. The van der Waals surface area contributed by atoms with Crippen molar-refractivity contribution in [2.75, 3.05) is 20.1 Å². The van der Waals surface area contributed by atoms with Gasteiger partial charge in [0, 0.05) is 26.6 Å². The van der Waals surface area contributed by atoms with Crippen LogP contribution >= 0.6 is 0 Å². The molecule has 1 saturated heterocycles. The van der Waals surface area contributed by atoms with Gasteiger partial charge in [0.25, 0.3) is 0 Å². The topological polar surface area (TPSA) is 320 Å². The Morgan fingerprint density at radius 3 is 1.99 bits per heavy atom. The summed E-state index contributed by atoms with van der Waals surface area (Å²) >= 11 is 0. The summed E-state index contributed by atoms with van der Waals surface area (Å²) in [6, 6.07) is 13.5. The van der Waals surface area contributed by atoms with Crippen LogP contribution in [0.4, 0.5) is 4.79 Å². The normalized spacial score (nSPS) is 20.8. The van der Waals surface area contributed by atoms with Crippen molar-refractivity contribution in [1.82, 2.24) is 36.8 Å². The molecule has 7 unspecified atom stereocenters. The minimum Gasteiger partial charge on any atom is -0.508 e. The van der Waals surface area contributed by atoms with Crippen LogP contribution in [0.3, 0.4) is 0 Å². The molecule has 0 spiro atoms. The highest BCUT2D eigenvalue weighted by atomic mass is 16.4. The quantitative estimate of drug-likeness (QED) is 0.0524. The van der Waals surface area contributed by atoms with Gasteiger partial charge in [-0.1, -0.05) is 74.9 Å². The molecular weight excluding hydrogens is 889 g/mol. The monoisotopic (exact) mass is 957 g/mol. The number of nitrogens with two attached hydrogens (primary N) is 2. The van der Waals surface area contributed by atoms with E-state index < -0.39 is 83.7 Å². The number of guanidine groups is 1. The Balaban J connectivity index is 1.73. The number of phenols is 2. The molecule has 0 bridgehead atoms. The zero-order valence-corrected chi connectivity index (χ0v) is 39.5. The van der Waals surface area contributed by atoms with Gasteiger partial charge in [-0.15, -0.1) is 0 Å². The lowest BCUT2D eigenvalue weighted by molar-refractivity contribution is -0.143. The number of carboxylic acids is 1. The van der Waals surface area contributed by atoms with Crippen LogP contribution in [0.15, 0.2) is 83.9 Å². The maximum Gasteiger partial charge on any atom is 0.326 e. The maximum absolute atomic E-state index is 14.9. The molecule has 7 amide bonds. The summed E-state index contributed by atoms with van der Waals surface area (Å²) in [4.78, 5) is 103. The molecule has 3 aromatic carbocycles. The van der Waals surface area contributed by atoms with Crippen LogP contribution < -0.4 is 43.4 Å². The van der Waals surface area contributed by atoms with E-state index in [2.05, 4.69) is 36.9 Å². The summed E-state index contributed by atoms with van der Waals surface area (Å²) in [5, 5.41) is 46.1. The Bertz CT molecular complexity index is 2210. The summed E-state index contributed by atoms with van der Waals surface area (Å²) in [7, 11) is 1.45. The van der Waals surface area contributed by atoms with E-state index in [1.807, 2.05) is 37.3 Å². The Morgan fingerprint density at radius 2 is 1.39 bits per heavy atom. The second kappa shape index (κ2) is 27.4. The number of phenolic OH excluding ortho intramolecular Hbond substituents is 2. The first-order valence-corrected chi connectivity index (χ1v) is 23.4. The van der Waals surface area contributed by atoms with Gasteiger partial charge >= 0.3 is 12.0 Å². The molecule has 0 aliphatic carbocycles. The number of nitrogens with zero attached hydrogens (tertiary/aromatic N) is 2. The number of hydrogen-bond acceptors (Lipinski definition) is 10. The van der Waals surface area contributed by atoms with E-state index in [-0.39, 0.29) is 81.9 Å². The summed E-state index contributed by atoms with van der Waals surface area (Å²) in [6.45, 7) is 3.79. The van der Waals surface area contributed by atoms with E-state index >= 15 is 0 Å². The Morgan fingerprint density at radius 1 is 0.783 bits per heavy atom. The molecule has 1 aliphatic heterocycles. The zero-order chi connectivity index (χ0) is 50.5. The van der Waals surface area contributed by atoms with Crippen molar-refractivity contribution >= 4 is 47.5 Å². The Hall–Kier alpha value is -7.38. The van der Waals surface area contributed by atoms with E-state index in [0.29, 0.717) is 19.3 Å². The molecule has 0 aromatic heterocycles. The molecule has 7 atom stereocenters. The lowest BCUT2D eigenvalue weighted by Crippen LogP contribution is -2.61. The number of carbonyl (C=O) groups is 7. The highest BCUT2D eigenvalue weighted by Crippen LogP contribution is 2.19. The van der Waals surface area contributed by atoms with Crippen molar-refractivity contribution in [3.63, 3.8) is 0 Å². The lowest BCUT2D eigenvalue weighted by Gasteiger charge is -2.33. The lowest BCUT2D eigenvalue weighted by atomic mass is 9.96. The molecule has 13 N–H and O–H groups in total. The molecule has 20 nitrogen and oxygen atoms in total. The van der Waals surface area contributed by atoms with Gasteiger partial charge in [0.15, 0.2) is 5.96 Å². The Kier molecular flexibility index (Phi) is 21.6. The first kappa shape index (κ1) is 54.2. The van der Waals surface area contributed by atoms with Gasteiger partial charge in [0.1, 0.15) is 47.8 Å².